The van der Waals surface area contributed by atoms with Crippen LogP contribution in [0.25, 0.3) is 10.8 Å². The minimum Gasteiger partial charge on any atom is -0.402 e. The van der Waals surface area contributed by atoms with Gasteiger partial charge in [-0.3, -0.25) is 10.1 Å². The molecule has 2 heterocycles. The quantitative estimate of drug-likeness (QED) is 0.698. The SMILES string of the molecule is O=C(CSc1ccc(Cl)cc1)Nc1nnc(-c2cccs2)o1. The van der Waals surface area contributed by atoms with Crippen LogP contribution in [0, 0.1) is 0 Å². The molecule has 0 atom stereocenters. The topological polar surface area (TPSA) is 68.0 Å². The number of nitrogens with zero attached hydrogens (tertiary/aromatic N) is 2. The van der Waals surface area contributed by atoms with Crippen molar-refractivity contribution in [3.05, 3.63) is 46.8 Å². The van der Waals surface area contributed by atoms with Crippen molar-refractivity contribution in [2.75, 3.05) is 11.1 Å². The fourth-order valence-electron chi connectivity index (χ4n) is 1.61. The lowest BCUT2D eigenvalue weighted by Crippen LogP contribution is -2.14. The molecule has 0 fully saturated rings. The first kappa shape index (κ1) is 15.1. The van der Waals surface area contributed by atoms with E-state index in [4.69, 9.17) is 16.0 Å². The maximum absolute atomic E-state index is 11.9. The summed E-state index contributed by atoms with van der Waals surface area (Å²) in [4.78, 5) is 13.7. The van der Waals surface area contributed by atoms with Gasteiger partial charge in [0.15, 0.2) is 0 Å². The lowest BCUT2D eigenvalue weighted by Gasteiger charge is -2.01. The van der Waals surface area contributed by atoms with Gasteiger partial charge >= 0.3 is 6.01 Å². The Balaban J connectivity index is 1.54. The van der Waals surface area contributed by atoms with Crippen molar-refractivity contribution in [3.63, 3.8) is 0 Å². The third-order valence-corrected chi connectivity index (χ3v) is 4.71. The van der Waals surface area contributed by atoms with Gasteiger partial charge in [-0.25, -0.2) is 0 Å². The van der Waals surface area contributed by atoms with Crippen LogP contribution >= 0.6 is 34.7 Å². The molecule has 8 heteroatoms. The molecule has 0 saturated heterocycles. The van der Waals surface area contributed by atoms with E-state index in [0.29, 0.717) is 10.9 Å². The second-order valence-electron chi connectivity index (χ2n) is 4.18. The van der Waals surface area contributed by atoms with Gasteiger partial charge < -0.3 is 4.42 Å². The van der Waals surface area contributed by atoms with E-state index < -0.39 is 0 Å². The summed E-state index contributed by atoms with van der Waals surface area (Å²) in [5, 5.41) is 12.9. The van der Waals surface area contributed by atoms with E-state index in [-0.39, 0.29) is 17.7 Å². The van der Waals surface area contributed by atoms with E-state index in [0.717, 1.165) is 9.77 Å². The Bertz CT molecular complexity index is 757. The molecule has 0 aliphatic rings. The number of carbonyl (C=O) groups is 1. The first-order valence-corrected chi connectivity index (χ1v) is 8.50. The first-order valence-electron chi connectivity index (χ1n) is 6.26. The molecule has 0 saturated carbocycles. The number of hydrogen-bond donors (Lipinski definition) is 1. The van der Waals surface area contributed by atoms with Crippen LogP contribution in [-0.4, -0.2) is 21.9 Å². The number of thiophene rings is 1. The predicted molar refractivity (Wildman–Crippen MR) is 88.4 cm³/mol. The Morgan fingerprint density at radius 3 is 2.82 bits per heavy atom. The summed E-state index contributed by atoms with van der Waals surface area (Å²) in [6.45, 7) is 0. The minimum absolute atomic E-state index is 0.102. The van der Waals surface area contributed by atoms with Gasteiger partial charge in [-0.05, 0) is 35.7 Å². The molecule has 3 aromatic rings. The molecule has 1 aromatic carbocycles. The van der Waals surface area contributed by atoms with Crippen LogP contribution in [0.15, 0.2) is 51.1 Å². The number of aromatic nitrogens is 2. The van der Waals surface area contributed by atoms with Crippen LogP contribution in [0.3, 0.4) is 0 Å². The monoisotopic (exact) mass is 351 g/mol. The molecule has 0 bridgehead atoms. The molecule has 2 aromatic heterocycles. The predicted octanol–water partition coefficient (Wildman–Crippen LogP) is 4.18. The second kappa shape index (κ2) is 6.95. The second-order valence-corrected chi connectivity index (χ2v) is 6.61. The van der Waals surface area contributed by atoms with Crippen molar-refractivity contribution < 1.29 is 9.21 Å². The highest BCUT2D eigenvalue weighted by molar-refractivity contribution is 8.00. The highest BCUT2D eigenvalue weighted by Crippen LogP contribution is 2.25. The summed E-state index contributed by atoms with van der Waals surface area (Å²) < 4.78 is 5.40. The lowest BCUT2D eigenvalue weighted by atomic mass is 10.4. The molecule has 0 spiro atoms. The largest absolute Gasteiger partial charge is 0.402 e. The number of nitrogens with one attached hydrogen (secondary N) is 1. The molecular formula is C14H10ClN3O2S2. The molecule has 22 heavy (non-hydrogen) atoms. The maximum atomic E-state index is 11.9. The first-order chi connectivity index (χ1) is 10.7. The summed E-state index contributed by atoms with van der Waals surface area (Å²) in [7, 11) is 0. The van der Waals surface area contributed by atoms with Gasteiger partial charge in [0, 0.05) is 9.92 Å². The number of halogens is 1. The number of anilines is 1. The summed E-state index contributed by atoms with van der Waals surface area (Å²) in [6.07, 6.45) is 0. The Morgan fingerprint density at radius 1 is 1.27 bits per heavy atom. The number of carbonyl (C=O) groups excluding carboxylic acids is 1. The van der Waals surface area contributed by atoms with E-state index in [1.807, 2.05) is 29.6 Å². The smallest absolute Gasteiger partial charge is 0.322 e. The van der Waals surface area contributed by atoms with E-state index >= 15 is 0 Å². The van der Waals surface area contributed by atoms with Gasteiger partial charge in [0.05, 0.1) is 10.6 Å². The molecule has 1 N–H and O–H groups in total. The van der Waals surface area contributed by atoms with E-state index in [1.54, 1.807) is 12.1 Å². The average Bonchev–Trinajstić information content (AvgIpc) is 3.17. The van der Waals surface area contributed by atoms with Crippen LogP contribution in [-0.2, 0) is 4.79 Å². The van der Waals surface area contributed by atoms with E-state index in [2.05, 4.69) is 15.5 Å². The van der Waals surface area contributed by atoms with Gasteiger partial charge in [0.2, 0.25) is 5.91 Å². The zero-order chi connectivity index (χ0) is 15.4. The van der Waals surface area contributed by atoms with Crippen molar-refractivity contribution in [1.82, 2.24) is 10.2 Å². The summed E-state index contributed by atoms with van der Waals surface area (Å²) in [6, 6.07) is 11.2. The summed E-state index contributed by atoms with van der Waals surface area (Å²) in [5.74, 6) is 0.440. The maximum Gasteiger partial charge on any atom is 0.322 e. The zero-order valence-corrected chi connectivity index (χ0v) is 13.5. The molecule has 5 nitrogen and oxygen atoms in total. The van der Waals surface area contributed by atoms with Gasteiger partial charge in [-0.1, -0.05) is 22.8 Å². The Morgan fingerprint density at radius 2 is 2.09 bits per heavy atom. The molecule has 3 rings (SSSR count). The van der Waals surface area contributed by atoms with Gasteiger partial charge in [-0.2, -0.15) is 0 Å². The molecular weight excluding hydrogens is 342 g/mol. The Hall–Kier alpha value is -1.83. The summed E-state index contributed by atoms with van der Waals surface area (Å²) in [5.41, 5.74) is 0. The average molecular weight is 352 g/mol. The van der Waals surface area contributed by atoms with Crippen molar-refractivity contribution in [2.45, 2.75) is 4.90 Å². The van der Waals surface area contributed by atoms with Crippen molar-refractivity contribution >= 4 is 46.6 Å². The van der Waals surface area contributed by atoms with Crippen molar-refractivity contribution in [1.29, 1.82) is 0 Å². The van der Waals surface area contributed by atoms with Crippen LogP contribution in [0.4, 0.5) is 6.01 Å². The lowest BCUT2D eigenvalue weighted by molar-refractivity contribution is -0.113. The van der Waals surface area contributed by atoms with Crippen LogP contribution in [0.2, 0.25) is 5.02 Å². The molecule has 0 aliphatic heterocycles. The van der Waals surface area contributed by atoms with Crippen LogP contribution in [0.1, 0.15) is 0 Å². The molecule has 0 radical (unpaired) electrons. The fraction of sp³-hybridized carbons (Fsp3) is 0.0714. The normalized spacial score (nSPS) is 10.6. The van der Waals surface area contributed by atoms with Crippen LogP contribution < -0.4 is 5.32 Å². The third-order valence-electron chi connectivity index (χ3n) is 2.59. The van der Waals surface area contributed by atoms with Crippen molar-refractivity contribution in [2.24, 2.45) is 0 Å². The fourth-order valence-corrected chi connectivity index (χ4v) is 3.08. The summed E-state index contributed by atoms with van der Waals surface area (Å²) >= 11 is 8.71. The van der Waals surface area contributed by atoms with E-state index in [1.165, 1.54) is 23.1 Å². The molecule has 0 aliphatic carbocycles. The highest BCUT2D eigenvalue weighted by atomic mass is 35.5. The number of amides is 1. The van der Waals surface area contributed by atoms with E-state index in [9.17, 15) is 4.79 Å². The van der Waals surface area contributed by atoms with Crippen LogP contribution in [0.5, 0.6) is 0 Å². The number of thioether (sulfide) groups is 1. The highest BCUT2D eigenvalue weighted by Gasteiger charge is 2.12. The number of benzene rings is 1. The van der Waals surface area contributed by atoms with Gasteiger partial charge in [0.25, 0.3) is 5.89 Å². The molecule has 1 amide bonds. The van der Waals surface area contributed by atoms with Gasteiger partial charge in [0.1, 0.15) is 0 Å². The minimum atomic E-state index is -0.207. The number of hydrogen-bond acceptors (Lipinski definition) is 6. The Kier molecular flexibility index (Phi) is 4.77. The standard InChI is InChI=1S/C14H10ClN3O2S2/c15-9-3-5-10(6-4-9)22-8-12(19)16-14-18-17-13(20-14)11-2-1-7-21-11/h1-7H,8H2,(H,16,18,19). The van der Waals surface area contributed by atoms with Gasteiger partial charge in [-0.15, -0.1) is 28.2 Å². The molecule has 0 unspecified atom stereocenters. The molecule has 112 valence electrons. The zero-order valence-electron chi connectivity index (χ0n) is 11.2. The number of rotatable bonds is 5. The van der Waals surface area contributed by atoms with Crippen molar-refractivity contribution in [3.8, 4) is 10.8 Å². The Labute approximate surface area is 139 Å². The third kappa shape index (κ3) is 3.88.